The lowest BCUT2D eigenvalue weighted by Crippen LogP contribution is -2.40. The molecule has 254 valence electrons. The summed E-state index contributed by atoms with van der Waals surface area (Å²) >= 11 is -0.484. The molecule has 1 heterocycles. The molecule has 0 radical (unpaired) electrons. The third kappa shape index (κ3) is 8.73. The fraction of sp³-hybridized carbons (Fsp3) is 0.378. The highest BCUT2D eigenvalue weighted by molar-refractivity contribution is 7.98. The Balaban J connectivity index is 1.85. The molecular weight excluding hydrogens is 640 g/mol. The monoisotopic (exact) mass is 705 g/mol. The summed E-state index contributed by atoms with van der Waals surface area (Å²) in [6.45, 7) is -10.5. The molecule has 1 unspecified atom stereocenters. The van der Waals surface area contributed by atoms with E-state index in [2.05, 4.69) is 4.98 Å². The van der Waals surface area contributed by atoms with Crippen molar-refractivity contribution in [2.45, 2.75) is 63.6 Å². The number of likely N-dealkylation sites (N-methyl/N-ethyl adjacent to an activating group) is 1. The van der Waals surface area contributed by atoms with E-state index in [9.17, 15) is 25.1 Å². The fourth-order valence-electron chi connectivity index (χ4n) is 4.03. The first kappa shape index (κ1) is 15.3. The summed E-state index contributed by atoms with van der Waals surface area (Å²) in [6, 6.07) is -16.7. The first-order valence-electron chi connectivity index (χ1n) is 26.2. The highest BCUT2D eigenvalue weighted by Gasteiger charge is 2.30. The lowest BCUT2D eigenvalue weighted by atomic mass is 10.0. The molecule has 0 N–H and O–H groups in total. The topological polar surface area (TPSA) is 58.4 Å². The molecule has 4 aromatic rings. The van der Waals surface area contributed by atoms with Crippen LogP contribution in [0, 0.1) is 11.7 Å². The summed E-state index contributed by atoms with van der Waals surface area (Å²) in [7, 11) is 0. The van der Waals surface area contributed by atoms with Crippen molar-refractivity contribution in [1.29, 1.82) is 0 Å². The van der Waals surface area contributed by atoms with Gasteiger partial charge in [-0.2, -0.15) is 18.2 Å². The van der Waals surface area contributed by atoms with Gasteiger partial charge < -0.3 is 14.4 Å². The maximum atomic E-state index is 15.2. The molecule has 11 heteroatoms. The molecule has 0 spiro atoms. The Morgan fingerprint density at radius 1 is 1.00 bits per heavy atom. The van der Waals surface area contributed by atoms with Gasteiger partial charge in [0.05, 0.1) is 24.8 Å². The van der Waals surface area contributed by atoms with Crippen LogP contribution in [0.1, 0.15) is 83.0 Å². The normalized spacial score (nSPS) is 26.7. The van der Waals surface area contributed by atoms with Crippen LogP contribution in [-0.2, 0) is 42.5 Å². The van der Waals surface area contributed by atoms with Crippen LogP contribution in [-0.4, -0.2) is 51.3 Å². The number of amides is 1. The Labute approximate surface area is 317 Å². The van der Waals surface area contributed by atoms with Gasteiger partial charge in [0.2, 0.25) is 5.91 Å². The Kier molecular flexibility index (Phi) is 4.94. The van der Waals surface area contributed by atoms with E-state index >= 15 is 4.79 Å². The summed E-state index contributed by atoms with van der Waals surface area (Å²) < 4.78 is 270. The number of benzene rings is 3. The van der Waals surface area contributed by atoms with Gasteiger partial charge in [0.1, 0.15) is 12.3 Å². The number of halogens is 4. The van der Waals surface area contributed by atoms with Crippen LogP contribution in [0.3, 0.4) is 0 Å². The molecule has 3 aromatic carbocycles. The lowest BCUT2D eigenvalue weighted by Gasteiger charge is -2.28. The number of alkyl halides is 3. The second-order valence-corrected chi connectivity index (χ2v) is 10.3. The smallest absolute Gasteiger partial charge is 0.336 e. The SMILES string of the molecule is [2H]c1c([2H])c(C([2H])([2H])Sc2nc(=O)c3c(n2C([2H])([2H])C(=O)N(CCN(C([2H])([2H])C)C([2H])([2H])C)Cc2c([2H])c([2H])c(-c4c([2H])c([2H])c(C(F)(F)F)c([2H])c4[2H])c([2H])c2[2H])C([2H])([2H])C([2H])(C)C3([2H])[2H])c([2H])c([2H])c1F. The number of nitrogens with zero attached hydrogens (tertiary/aromatic N) is 4. The van der Waals surface area contributed by atoms with Crippen LogP contribution in [0.2, 0.25) is 0 Å². The third-order valence-corrected chi connectivity index (χ3v) is 7.09. The minimum absolute atomic E-state index is 0.152. The number of hydrogen-bond acceptors (Lipinski definition) is 5. The second-order valence-electron chi connectivity index (χ2n) is 9.57. The molecule has 1 aromatic heterocycles. The Morgan fingerprint density at radius 3 is 2.21 bits per heavy atom. The number of rotatable bonds is 13. The van der Waals surface area contributed by atoms with Crippen molar-refractivity contribution in [2.75, 3.05) is 26.1 Å². The fourth-order valence-corrected chi connectivity index (χ4v) is 4.69. The molecule has 0 saturated carbocycles. The predicted octanol–water partition coefficient (Wildman–Crippen LogP) is 7.47. The largest absolute Gasteiger partial charge is 0.416 e. The van der Waals surface area contributed by atoms with E-state index in [1.165, 1.54) is 0 Å². The molecule has 0 saturated heterocycles. The minimum atomic E-state index is -5.44. The number of hydrogen-bond donors (Lipinski definition) is 0. The Morgan fingerprint density at radius 2 is 1.60 bits per heavy atom. The van der Waals surface area contributed by atoms with Crippen LogP contribution < -0.4 is 5.56 Å². The van der Waals surface area contributed by atoms with Crippen LogP contribution in [0.4, 0.5) is 17.6 Å². The van der Waals surface area contributed by atoms with Crippen LogP contribution >= 0.6 is 11.8 Å². The maximum Gasteiger partial charge on any atom is 0.416 e. The number of aromatic nitrogens is 2. The van der Waals surface area contributed by atoms with E-state index < -0.39 is 215 Å². The van der Waals surface area contributed by atoms with Gasteiger partial charge in [-0.25, -0.2) is 4.39 Å². The lowest BCUT2D eigenvalue weighted by molar-refractivity contribution is -0.137. The Hall–Kier alpha value is -3.96. The molecule has 48 heavy (non-hydrogen) atoms. The van der Waals surface area contributed by atoms with Crippen molar-refractivity contribution >= 4 is 17.7 Å². The summed E-state index contributed by atoms with van der Waals surface area (Å²) in [4.78, 5) is 33.3. The van der Waals surface area contributed by atoms with E-state index in [0.717, 1.165) is 13.8 Å². The number of thioether (sulfide) groups is 1. The zero-order chi connectivity index (χ0) is 56.5. The molecule has 6 nitrogen and oxygen atoms in total. The maximum absolute atomic E-state index is 15.2. The minimum Gasteiger partial charge on any atom is -0.336 e. The zero-order valence-electron chi connectivity index (χ0n) is 50.1. The molecule has 1 aliphatic rings. The van der Waals surface area contributed by atoms with Crippen molar-refractivity contribution in [3.05, 3.63) is 117 Å². The van der Waals surface area contributed by atoms with Gasteiger partial charge in [-0.05, 0) is 78.1 Å². The molecule has 5 rings (SSSR count). The molecule has 0 aliphatic heterocycles. The number of carbonyl (C=O) groups is 1. The average Bonchev–Trinajstić information content (AvgIpc) is 3.33. The molecule has 0 fully saturated rings. The van der Waals surface area contributed by atoms with Crippen molar-refractivity contribution in [3.63, 3.8) is 0 Å². The van der Waals surface area contributed by atoms with E-state index in [-0.39, 0.29) is 9.47 Å². The van der Waals surface area contributed by atoms with E-state index in [0.29, 0.717) is 11.8 Å². The quantitative estimate of drug-likeness (QED) is 0.0822. The van der Waals surface area contributed by atoms with Crippen molar-refractivity contribution in [3.8, 4) is 11.1 Å². The molecule has 1 aliphatic carbocycles. The van der Waals surface area contributed by atoms with Crippen molar-refractivity contribution in [2.24, 2.45) is 5.89 Å². The summed E-state index contributed by atoms with van der Waals surface area (Å²) in [5.74, 6) is -6.91. The number of fused-ring (bicyclic) bond motifs is 1. The molecular formula is C37H40F4N4O2S. The van der Waals surface area contributed by atoms with E-state index in [1.54, 1.807) is 0 Å². The predicted molar refractivity (Wildman–Crippen MR) is 181 cm³/mol. The molecule has 0 bridgehead atoms. The number of carbonyl (C=O) groups excluding carboxylic acids is 1. The molecule has 1 amide bonds. The summed E-state index contributed by atoms with van der Waals surface area (Å²) in [5, 5.41) is -1.42. The Bertz CT molecular complexity index is 2930. The van der Waals surface area contributed by atoms with Gasteiger partial charge in [0.25, 0.3) is 5.56 Å². The highest BCUT2D eigenvalue weighted by Crippen LogP contribution is 2.32. The van der Waals surface area contributed by atoms with Gasteiger partial charge in [0.15, 0.2) is 5.16 Å². The highest BCUT2D eigenvalue weighted by atomic mass is 32.2. The van der Waals surface area contributed by atoms with Gasteiger partial charge in [0, 0.05) is 51.7 Å². The van der Waals surface area contributed by atoms with E-state index in [4.69, 9.17) is 31.5 Å². The van der Waals surface area contributed by atoms with Gasteiger partial charge in [-0.3, -0.25) is 9.59 Å². The van der Waals surface area contributed by atoms with Gasteiger partial charge in [-0.1, -0.05) is 80.9 Å². The van der Waals surface area contributed by atoms with Gasteiger partial charge >= 0.3 is 6.18 Å². The second kappa shape index (κ2) is 15.5. The standard InChI is InChI=1S/C37H40F4N4O2S/c1-4-43(5-2)18-19-44(22-26-6-10-28(11-7-26)29-12-14-30(15-13-29)37(39,40)41)34(46)23-45-33-21-25(3)20-32(33)35(47)42-36(45)48-24-27-8-16-31(38)17-9-27/h6-17,25H,4-5,18-24H2,1-3H3/i4D2,5D2,6D,7D,8D,9D,10D,11D,12D,13D,14D,15D,16D,17D,20D2,21D2,23D2,24D2,25D. The summed E-state index contributed by atoms with van der Waals surface area (Å²) in [6.07, 6.45) is -12.5. The first-order valence-corrected chi connectivity index (χ1v) is 14.5. The van der Waals surface area contributed by atoms with E-state index in [1.807, 2.05) is 0 Å². The van der Waals surface area contributed by atoms with Gasteiger partial charge in [-0.15, -0.1) is 0 Å². The van der Waals surface area contributed by atoms with Crippen molar-refractivity contribution < 1.29 is 56.6 Å². The van der Waals surface area contributed by atoms with Crippen molar-refractivity contribution in [1.82, 2.24) is 19.4 Å². The molecule has 1 atom stereocenters. The van der Waals surface area contributed by atoms with Crippen LogP contribution in [0.15, 0.2) is 82.5 Å². The zero-order valence-corrected chi connectivity index (χ0v) is 26.0. The van der Waals surface area contributed by atoms with Crippen LogP contribution in [0.25, 0.3) is 11.1 Å². The third-order valence-electron chi connectivity index (χ3n) is 6.33. The summed E-state index contributed by atoms with van der Waals surface area (Å²) in [5.41, 5.74) is -14.5. The average molecular weight is 706 g/mol. The van der Waals surface area contributed by atoms with Crippen LogP contribution in [0.5, 0.6) is 0 Å². The first-order chi connectivity index (χ1) is 32.7.